The monoisotopic (exact) mass is 271 g/mol. The number of carbonyl (C=O) groups excluding carboxylic acids is 2. The fraction of sp³-hybridized carbons (Fsp3) is 0.846. The van der Waals surface area contributed by atoms with Crippen molar-refractivity contribution in [2.45, 2.75) is 39.3 Å². The fourth-order valence-electron chi connectivity index (χ4n) is 1.94. The third-order valence-corrected chi connectivity index (χ3v) is 3.54. The van der Waals surface area contributed by atoms with Gasteiger partial charge >= 0.3 is 0 Å². The van der Waals surface area contributed by atoms with Crippen LogP contribution in [-0.2, 0) is 14.3 Å². The molecule has 6 heteroatoms. The summed E-state index contributed by atoms with van der Waals surface area (Å²) in [6, 6.07) is -0.573. The summed E-state index contributed by atoms with van der Waals surface area (Å²) in [4.78, 5) is 23.2. The van der Waals surface area contributed by atoms with Crippen LogP contribution in [0, 0.1) is 11.8 Å². The van der Waals surface area contributed by atoms with Gasteiger partial charge in [0.25, 0.3) is 0 Å². The highest BCUT2D eigenvalue weighted by molar-refractivity contribution is 5.87. The van der Waals surface area contributed by atoms with Gasteiger partial charge < -0.3 is 21.1 Å². The van der Waals surface area contributed by atoms with Crippen LogP contribution in [0.15, 0.2) is 0 Å². The molecule has 0 radical (unpaired) electrons. The first-order chi connectivity index (χ1) is 8.91. The van der Waals surface area contributed by atoms with Crippen LogP contribution < -0.4 is 16.4 Å². The van der Waals surface area contributed by atoms with Crippen molar-refractivity contribution in [3.63, 3.8) is 0 Å². The topological polar surface area (TPSA) is 93.5 Å². The minimum absolute atomic E-state index is 0.0266. The van der Waals surface area contributed by atoms with Crippen LogP contribution in [0.4, 0.5) is 0 Å². The number of amides is 2. The summed E-state index contributed by atoms with van der Waals surface area (Å²) in [5.74, 6) is -0.0664. The number of hydrogen-bond donors (Lipinski definition) is 3. The predicted octanol–water partition coefficient (Wildman–Crippen LogP) is -0.373. The Morgan fingerprint density at radius 3 is 2.58 bits per heavy atom. The molecule has 0 aromatic rings. The summed E-state index contributed by atoms with van der Waals surface area (Å²) < 4.78 is 5.42. The van der Waals surface area contributed by atoms with Crippen molar-refractivity contribution in [1.82, 2.24) is 10.6 Å². The Hall–Kier alpha value is -1.14. The minimum atomic E-state index is -0.573. The van der Waals surface area contributed by atoms with Gasteiger partial charge in [-0.25, -0.2) is 0 Å². The van der Waals surface area contributed by atoms with Gasteiger partial charge in [-0.3, -0.25) is 9.59 Å². The lowest BCUT2D eigenvalue weighted by molar-refractivity contribution is -0.127. The van der Waals surface area contributed by atoms with E-state index >= 15 is 0 Å². The molecule has 4 N–H and O–H groups in total. The quantitative estimate of drug-likeness (QED) is 0.614. The van der Waals surface area contributed by atoms with E-state index in [-0.39, 0.29) is 30.4 Å². The van der Waals surface area contributed by atoms with Crippen molar-refractivity contribution in [1.29, 1.82) is 0 Å². The highest BCUT2D eigenvalue weighted by Crippen LogP contribution is 2.18. The summed E-state index contributed by atoms with van der Waals surface area (Å²) in [6.45, 7) is 7.06. The molecule has 2 amide bonds. The number of carbonyl (C=O) groups is 2. The number of ether oxygens (including phenoxy) is 1. The Bertz CT molecular complexity index is 320. The first-order valence-electron chi connectivity index (χ1n) is 6.83. The zero-order valence-corrected chi connectivity index (χ0v) is 11.9. The van der Waals surface area contributed by atoms with E-state index in [0.717, 1.165) is 13.0 Å². The lowest BCUT2D eigenvalue weighted by Gasteiger charge is -2.17. The molecule has 3 atom stereocenters. The molecule has 1 fully saturated rings. The molecule has 6 nitrogen and oxygen atoms in total. The zero-order chi connectivity index (χ0) is 14.4. The smallest absolute Gasteiger partial charge is 0.239 e. The van der Waals surface area contributed by atoms with Crippen LogP contribution >= 0.6 is 0 Å². The van der Waals surface area contributed by atoms with Crippen molar-refractivity contribution in [2.24, 2.45) is 17.6 Å². The lowest BCUT2D eigenvalue weighted by atomic mass is 10.0. The Labute approximate surface area is 114 Å². The van der Waals surface area contributed by atoms with Crippen molar-refractivity contribution in [2.75, 3.05) is 19.7 Å². The highest BCUT2D eigenvalue weighted by atomic mass is 16.5. The number of rotatable bonds is 6. The van der Waals surface area contributed by atoms with Gasteiger partial charge in [-0.15, -0.1) is 0 Å². The van der Waals surface area contributed by atoms with Crippen LogP contribution in [0.25, 0.3) is 0 Å². The van der Waals surface area contributed by atoms with Gasteiger partial charge in [-0.1, -0.05) is 13.8 Å². The Morgan fingerprint density at radius 2 is 2.05 bits per heavy atom. The summed E-state index contributed by atoms with van der Waals surface area (Å²) in [5.41, 5.74) is 5.68. The minimum Gasteiger partial charge on any atom is -0.378 e. The van der Waals surface area contributed by atoms with Gasteiger partial charge in [0, 0.05) is 19.1 Å². The van der Waals surface area contributed by atoms with Gasteiger partial charge in [0.15, 0.2) is 0 Å². The van der Waals surface area contributed by atoms with Crippen molar-refractivity contribution in [3.8, 4) is 0 Å². The van der Waals surface area contributed by atoms with Crippen molar-refractivity contribution >= 4 is 11.8 Å². The van der Waals surface area contributed by atoms with Gasteiger partial charge in [-0.05, 0) is 19.3 Å². The standard InChI is InChI=1S/C13H25N3O3/c1-8(2)12(14)13(18)16-7-11(17)15-6-10-4-5-19-9(10)3/h8-10,12H,4-7,14H2,1-3H3,(H,15,17)(H,16,18)/t9?,10?,12-/m0/s1. The molecule has 0 aliphatic carbocycles. The molecule has 0 bridgehead atoms. The van der Waals surface area contributed by atoms with Gasteiger partial charge in [0.1, 0.15) is 0 Å². The number of hydrogen-bond acceptors (Lipinski definition) is 4. The second kappa shape index (κ2) is 7.45. The van der Waals surface area contributed by atoms with Gasteiger partial charge in [0.05, 0.1) is 18.7 Å². The van der Waals surface area contributed by atoms with Crippen molar-refractivity contribution in [3.05, 3.63) is 0 Å². The van der Waals surface area contributed by atoms with Gasteiger partial charge in [0.2, 0.25) is 11.8 Å². The molecule has 1 aliphatic rings. The third-order valence-electron chi connectivity index (χ3n) is 3.54. The molecular formula is C13H25N3O3. The van der Waals surface area contributed by atoms with E-state index < -0.39 is 6.04 Å². The predicted molar refractivity (Wildman–Crippen MR) is 72.4 cm³/mol. The molecule has 1 saturated heterocycles. The molecule has 2 unspecified atom stereocenters. The molecule has 0 spiro atoms. The van der Waals surface area contributed by atoms with Crippen LogP contribution in [0.1, 0.15) is 27.2 Å². The van der Waals surface area contributed by atoms with Crippen LogP contribution in [0.3, 0.4) is 0 Å². The Morgan fingerprint density at radius 1 is 1.37 bits per heavy atom. The summed E-state index contributed by atoms with van der Waals surface area (Å²) >= 11 is 0. The maximum Gasteiger partial charge on any atom is 0.239 e. The summed E-state index contributed by atoms with van der Waals surface area (Å²) in [6.07, 6.45) is 1.15. The van der Waals surface area contributed by atoms with E-state index in [1.807, 2.05) is 20.8 Å². The maximum absolute atomic E-state index is 11.6. The number of nitrogens with two attached hydrogens (primary N) is 1. The average molecular weight is 271 g/mol. The molecule has 0 saturated carbocycles. The molecule has 19 heavy (non-hydrogen) atoms. The summed E-state index contributed by atoms with van der Waals surface area (Å²) in [7, 11) is 0. The van der Waals surface area contributed by atoms with E-state index in [1.165, 1.54) is 0 Å². The fourth-order valence-corrected chi connectivity index (χ4v) is 1.94. The maximum atomic E-state index is 11.6. The summed E-state index contributed by atoms with van der Waals surface area (Å²) in [5, 5.41) is 5.35. The molecule has 110 valence electrons. The molecule has 1 aliphatic heterocycles. The van der Waals surface area contributed by atoms with E-state index in [4.69, 9.17) is 10.5 Å². The van der Waals surface area contributed by atoms with Crippen LogP contribution in [-0.4, -0.2) is 43.7 Å². The lowest BCUT2D eigenvalue weighted by Crippen LogP contribution is -2.47. The van der Waals surface area contributed by atoms with Crippen molar-refractivity contribution < 1.29 is 14.3 Å². The third kappa shape index (κ3) is 5.16. The molecule has 0 aromatic carbocycles. The first kappa shape index (κ1) is 15.9. The second-order valence-electron chi connectivity index (χ2n) is 5.42. The highest BCUT2D eigenvalue weighted by Gasteiger charge is 2.24. The zero-order valence-electron chi connectivity index (χ0n) is 11.9. The van der Waals surface area contributed by atoms with E-state index in [1.54, 1.807) is 0 Å². The largest absolute Gasteiger partial charge is 0.378 e. The van der Waals surface area contributed by atoms with Crippen LogP contribution in [0.2, 0.25) is 0 Å². The Kier molecular flexibility index (Phi) is 6.24. The SMILES string of the molecule is CC1OCCC1CNC(=O)CNC(=O)[C@@H](N)C(C)C. The normalized spacial score (nSPS) is 24.3. The van der Waals surface area contributed by atoms with Gasteiger partial charge in [-0.2, -0.15) is 0 Å². The van der Waals surface area contributed by atoms with E-state index in [0.29, 0.717) is 12.5 Å². The average Bonchev–Trinajstić information content (AvgIpc) is 2.77. The molecular weight excluding hydrogens is 246 g/mol. The van der Waals surface area contributed by atoms with E-state index in [2.05, 4.69) is 10.6 Å². The Balaban J connectivity index is 2.19. The second-order valence-corrected chi connectivity index (χ2v) is 5.42. The number of nitrogens with one attached hydrogen (secondary N) is 2. The van der Waals surface area contributed by atoms with E-state index in [9.17, 15) is 9.59 Å². The first-order valence-corrected chi connectivity index (χ1v) is 6.83. The molecule has 1 heterocycles. The molecule has 0 aromatic heterocycles. The molecule has 1 rings (SSSR count). The van der Waals surface area contributed by atoms with Crippen LogP contribution in [0.5, 0.6) is 0 Å².